The number of aliphatic hydroxyl groups is 2. The highest BCUT2D eigenvalue weighted by Crippen LogP contribution is 2.44. The zero-order valence-electron chi connectivity index (χ0n) is 16.3. The molecule has 146 valence electrons. The van der Waals surface area contributed by atoms with Crippen LogP contribution in [-0.2, 0) is 5.41 Å². The van der Waals surface area contributed by atoms with Gasteiger partial charge in [0, 0.05) is 40.1 Å². The quantitative estimate of drug-likeness (QED) is 0.634. The van der Waals surface area contributed by atoms with E-state index in [0.717, 1.165) is 27.7 Å². The number of aromatic amines is 1. The van der Waals surface area contributed by atoms with Crippen molar-refractivity contribution in [2.75, 3.05) is 13.2 Å². The number of ether oxygens (including phenoxy) is 1. The number of aromatic nitrogens is 1. The van der Waals surface area contributed by atoms with Gasteiger partial charge in [0.1, 0.15) is 12.4 Å². The predicted molar refractivity (Wildman–Crippen MR) is 108 cm³/mol. The number of hydrogen-bond donors (Lipinski definition) is 3. The van der Waals surface area contributed by atoms with E-state index >= 15 is 0 Å². The zero-order chi connectivity index (χ0) is 20.1. The molecular weight excluding hydrogens is 354 g/mol. The number of ketones is 1. The van der Waals surface area contributed by atoms with E-state index in [1.807, 2.05) is 30.3 Å². The summed E-state index contributed by atoms with van der Waals surface area (Å²) >= 11 is 0. The summed E-state index contributed by atoms with van der Waals surface area (Å²) in [5.41, 5.74) is 3.80. The van der Waals surface area contributed by atoms with Crippen LogP contribution in [0.2, 0.25) is 0 Å². The molecule has 1 aliphatic carbocycles. The molecule has 2 atom stereocenters. The first-order valence-electron chi connectivity index (χ1n) is 9.56. The third-order valence-electron chi connectivity index (χ3n) is 5.83. The van der Waals surface area contributed by atoms with Crippen LogP contribution in [0.5, 0.6) is 5.75 Å². The highest BCUT2D eigenvalue weighted by atomic mass is 16.5. The van der Waals surface area contributed by atoms with Gasteiger partial charge in [-0.25, -0.2) is 0 Å². The Bertz CT molecular complexity index is 1050. The molecule has 5 nitrogen and oxygen atoms in total. The van der Waals surface area contributed by atoms with Crippen LogP contribution in [-0.4, -0.2) is 40.3 Å². The maximum atomic E-state index is 13.2. The maximum absolute atomic E-state index is 13.2. The number of rotatable bonds is 5. The number of benzene rings is 2. The molecule has 0 unspecified atom stereocenters. The van der Waals surface area contributed by atoms with Crippen molar-refractivity contribution in [1.29, 1.82) is 0 Å². The molecule has 28 heavy (non-hydrogen) atoms. The first kappa shape index (κ1) is 18.7. The lowest BCUT2D eigenvalue weighted by Gasteiger charge is -2.32. The van der Waals surface area contributed by atoms with E-state index in [1.165, 1.54) is 0 Å². The molecule has 1 aliphatic rings. The Morgan fingerprint density at radius 3 is 2.68 bits per heavy atom. The monoisotopic (exact) mass is 379 g/mol. The first-order valence-corrected chi connectivity index (χ1v) is 9.56. The average molecular weight is 379 g/mol. The van der Waals surface area contributed by atoms with Gasteiger partial charge in [0.15, 0.2) is 5.78 Å². The molecule has 5 heteroatoms. The number of nitrogens with one attached hydrogen (secondary N) is 1. The molecular formula is C23H25NO4. The summed E-state index contributed by atoms with van der Waals surface area (Å²) in [4.78, 5) is 16.7. The first-order chi connectivity index (χ1) is 13.3. The highest BCUT2D eigenvalue weighted by molar-refractivity contribution is 6.20. The number of carbonyl (C=O) groups is 1. The highest BCUT2D eigenvalue weighted by Gasteiger charge is 2.39. The van der Waals surface area contributed by atoms with Crippen molar-refractivity contribution in [3.8, 4) is 5.75 Å². The summed E-state index contributed by atoms with van der Waals surface area (Å²) in [7, 11) is 0. The molecule has 0 radical (unpaired) electrons. The number of hydrogen-bond acceptors (Lipinski definition) is 4. The van der Waals surface area contributed by atoms with Crippen LogP contribution in [0, 0.1) is 5.92 Å². The second-order valence-corrected chi connectivity index (χ2v) is 8.12. The largest absolute Gasteiger partial charge is 0.491 e. The lowest BCUT2D eigenvalue weighted by molar-refractivity contribution is 0.0384. The number of carbonyl (C=O) groups excluding carboxylic acids is 1. The third kappa shape index (κ3) is 2.82. The standard InChI is InChI=1S/C23H25NO4/c1-13(11-25)19(26)12-28-14-8-9-15-17(10-14)23(2,3)22-20(21(15)27)16-6-4-5-7-18(16)24-22/h4-10,13,19,24-26H,11-12H2,1-3H3/t13-,19-/m1/s1. The van der Waals surface area contributed by atoms with Gasteiger partial charge in [-0.1, -0.05) is 39.0 Å². The van der Waals surface area contributed by atoms with E-state index in [1.54, 1.807) is 19.1 Å². The summed E-state index contributed by atoms with van der Waals surface area (Å²) in [6.07, 6.45) is -0.754. The fraction of sp³-hybridized carbons (Fsp3) is 0.348. The maximum Gasteiger partial charge on any atom is 0.195 e. The summed E-state index contributed by atoms with van der Waals surface area (Å²) in [6, 6.07) is 13.3. The van der Waals surface area contributed by atoms with Gasteiger partial charge in [0.25, 0.3) is 0 Å². The molecule has 0 saturated carbocycles. The topological polar surface area (TPSA) is 82.5 Å². The fourth-order valence-electron chi connectivity index (χ4n) is 3.91. The Morgan fingerprint density at radius 2 is 1.93 bits per heavy atom. The number of fused-ring (bicyclic) bond motifs is 4. The Balaban J connectivity index is 1.73. The summed E-state index contributed by atoms with van der Waals surface area (Å²) in [6.45, 7) is 5.95. The molecule has 3 aromatic rings. The second kappa shape index (κ2) is 6.76. The van der Waals surface area contributed by atoms with Crippen LogP contribution in [0.4, 0.5) is 0 Å². The summed E-state index contributed by atoms with van der Waals surface area (Å²) < 4.78 is 5.75. The van der Waals surface area contributed by atoms with Crippen molar-refractivity contribution >= 4 is 16.7 Å². The lowest BCUT2D eigenvalue weighted by Crippen LogP contribution is -2.31. The Labute approximate surface area is 164 Å². The van der Waals surface area contributed by atoms with E-state index in [4.69, 9.17) is 9.84 Å². The normalized spacial score (nSPS) is 17.1. The molecule has 3 N–H and O–H groups in total. The minimum atomic E-state index is -0.754. The van der Waals surface area contributed by atoms with Crippen molar-refractivity contribution < 1.29 is 19.7 Å². The zero-order valence-corrected chi connectivity index (χ0v) is 16.3. The van der Waals surface area contributed by atoms with Gasteiger partial charge in [-0.05, 0) is 29.8 Å². The van der Waals surface area contributed by atoms with E-state index in [0.29, 0.717) is 11.3 Å². The lowest BCUT2D eigenvalue weighted by atomic mass is 9.71. The molecule has 2 aromatic carbocycles. The van der Waals surface area contributed by atoms with Gasteiger partial charge in [-0.15, -0.1) is 0 Å². The Kier molecular flexibility index (Phi) is 4.52. The molecule has 0 spiro atoms. The number of para-hydroxylation sites is 1. The predicted octanol–water partition coefficient (Wildman–Crippen LogP) is 3.41. The van der Waals surface area contributed by atoms with Crippen molar-refractivity contribution in [3.05, 3.63) is 64.8 Å². The van der Waals surface area contributed by atoms with Crippen molar-refractivity contribution in [1.82, 2.24) is 4.98 Å². The number of aliphatic hydroxyl groups excluding tert-OH is 2. The van der Waals surface area contributed by atoms with Crippen LogP contribution in [0.15, 0.2) is 42.5 Å². The van der Waals surface area contributed by atoms with E-state index < -0.39 is 11.5 Å². The molecule has 0 saturated heterocycles. The molecule has 0 bridgehead atoms. The third-order valence-corrected chi connectivity index (χ3v) is 5.83. The van der Waals surface area contributed by atoms with Crippen LogP contribution >= 0.6 is 0 Å². The minimum absolute atomic E-state index is 0.0160. The molecule has 0 fully saturated rings. The minimum Gasteiger partial charge on any atom is -0.491 e. The summed E-state index contributed by atoms with van der Waals surface area (Å²) in [5.74, 6) is 0.357. The van der Waals surface area contributed by atoms with Gasteiger partial charge >= 0.3 is 0 Å². The number of H-pyrrole nitrogens is 1. The van der Waals surface area contributed by atoms with Crippen LogP contribution < -0.4 is 4.74 Å². The van der Waals surface area contributed by atoms with Gasteiger partial charge in [-0.2, -0.15) is 0 Å². The van der Waals surface area contributed by atoms with Gasteiger partial charge in [-0.3, -0.25) is 4.79 Å². The van der Waals surface area contributed by atoms with Crippen molar-refractivity contribution in [2.45, 2.75) is 32.3 Å². The molecule has 1 aromatic heterocycles. The Hall–Kier alpha value is -2.63. The van der Waals surface area contributed by atoms with E-state index in [-0.39, 0.29) is 24.9 Å². The molecule has 0 amide bonds. The van der Waals surface area contributed by atoms with E-state index in [2.05, 4.69) is 18.8 Å². The van der Waals surface area contributed by atoms with Crippen molar-refractivity contribution in [3.63, 3.8) is 0 Å². The molecule has 4 rings (SSSR count). The van der Waals surface area contributed by atoms with Crippen LogP contribution in [0.25, 0.3) is 10.9 Å². The van der Waals surface area contributed by atoms with Crippen LogP contribution in [0.3, 0.4) is 0 Å². The Morgan fingerprint density at radius 1 is 1.18 bits per heavy atom. The second-order valence-electron chi connectivity index (χ2n) is 8.12. The van der Waals surface area contributed by atoms with E-state index in [9.17, 15) is 9.90 Å². The van der Waals surface area contributed by atoms with Crippen molar-refractivity contribution in [2.24, 2.45) is 5.92 Å². The molecule has 0 aliphatic heterocycles. The van der Waals surface area contributed by atoms with Gasteiger partial charge in [0.2, 0.25) is 0 Å². The van der Waals surface area contributed by atoms with Gasteiger partial charge in [0.05, 0.1) is 11.7 Å². The van der Waals surface area contributed by atoms with Gasteiger partial charge < -0.3 is 19.9 Å². The SMILES string of the molecule is C[C@H](CO)[C@H](O)COc1ccc2c(c1)C(C)(C)c1[nH]c3ccccc3c1C2=O. The summed E-state index contributed by atoms with van der Waals surface area (Å²) in [5, 5.41) is 20.1. The average Bonchev–Trinajstić information content (AvgIpc) is 3.10. The fourth-order valence-corrected chi connectivity index (χ4v) is 3.91. The van der Waals surface area contributed by atoms with Crippen LogP contribution in [0.1, 0.15) is 48.0 Å². The smallest absolute Gasteiger partial charge is 0.195 e. The molecule has 1 heterocycles.